The van der Waals surface area contributed by atoms with Gasteiger partial charge in [-0.1, -0.05) is 0 Å². The lowest BCUT2D eigenvalue weighted by molar-refractivity contribution is 0.446. The monoisotopic (exact) mass is 250 g/mol. The second kappa shape index (κ2) is 5.16. The summed E-state index contributed by atoms with van der Waals surface area (Å²) in [6.07, 6.45) is 0. The fraction of sp³-hybridized carbons (Fsp3) is 0.250. The minimum atomic E-state index is 0.0368. The van der Waals surface area contributed by atoms with Crippen LogP contribution in [-0.4, -0.2) is 15.2 Å². The lowest BCUT2D eigenvalue weighted by Gasteiger charge is -2.14. The lowest BCUT2D eigenvalue weighted by atomic mass is 10.1. The minimum Gasteiger partial charge on any atom is -0.508 e. The number of phenolic OH excluding ortho intramolecular Hbond substituents is 2. The van der Waals surface area contributed by atoms with Crippen molar-refractivity contribution in [1.82, 2.24) is 10.3 Å². The minimum absolute atomic E-state index is 0.0368. The van der Waals surface area contributed by atoms with E-state index in [9.17, 15) is 10.2 Å². The van der Waals surface area contributed by atoms with Gasteiger partial charge in [0.1, 0.15) is 11.5 Å². The largest absolute Gasteiger partial charge is 0.508 e. The second-order valence-corrected chi connectivity index (χ2v) is 4.58. The maximum Gasteiger partial charge on any atom is 0.119 e. The van der Waals surface area contributed by atoms with Gasteiger partial charge in [-0.15, -0.1) is 11.3 Å². The van der Waals surface area contributed by atoms with Gasteiger partial charge < -0.3 is 15.5 Å². The maximum absolute atomic E-state index is 9.40. The molecule has 0 fully saturated rings. The Bertz CT molecular complexity index is 465. The Balaban J connectivity index is 2.01. The molecule has 1 unspecified atom stereocenters. The van der Waals surface area contributed by atoms with Crippen molar-refractivity contribution in [3.05, 3.63) is 40.3 Å². The fourth-order valence-corrected chi connectivity index (χ4v) is 2.13. The molecule has 0 aliphatic rings. The molecule has 0 saturated heterocycles. The van der Waals surface area contributed by atoms with E-state index in [-0.39, 0.29) is 17.5 Å². The zero-order valence-electron chi connectivity index (χ0n) is 9.42. The second-order valence-electron chi connectivity index (χ2n) is 3.87. The normalized spacial score (nSPS) is 12.5. The van der Waals surface area contributed by atoms with Crippen LogP contribution >= 0.6 is 11.3 Å². The highest BCUT2D eigenvalue weighted by molar-refractivity contribution is 7.07. The van der Waals surface area contributed by atoms with Crippen molar-refractivity contribution in [3.8, 4) is 11.5 Å². The Morgan fingerprint density at radius 3 is 2.59 bits per heavy atom. The van der Waals surface area contributed by atoms with Crippen molar-refractivity contribution in [1.29, 1.82) is 0 Å². The van der Waals surface area contributed by atoms with Crippen LogP contribution in [-0.2, 0) is 6.54 Å². The summed E-state index contributed by atoms with van der Waals surface area (Å²) in [6, 6.07) is 4.63. The third-order valence-electron chi connectivity index (χ3n) is 2.50. The zero-order valence-corrected chi connectivity index (χ0v) is 10.2. The van der Waals surface area contributed by atoms with Crippen LogP contribution in [0.25, 0.3) is 0 Å². The van der Waals surface area contributed by atoms with Gasteiger partial charge in [-0.05, 0) is 24.6 Å². The molecule has 3 N–H and O–H groups in total. The lowest BCUT2D eigenvalue weighted by Crippen LogP contribution is -2.18. The highest BCUT2D eigenvalue weighted by Gasteiger charge is 2.08. The predicted octanol–water partition coefficient (Wildman–Crippen LogP) is 2.41. The summed E-state index contributed by atoms with van der Waals surface area (Å²) in [5, 5.41) is 24.1. The Labute approximate surface area is 104 Å². The number of hydrogen-bond acceptors (Lipinski definition) is 5. The van der Waals surface area contributed by atoms with Gasteiger partial charge in [0.05, 0.1) is 11.2 Å². The topological polar surface area (TPSA) is 65.4 Å². The van der Waals surface area contributed by atoms with Crippen molar-refractivity contribution in [2.75, 3.05) is 0 Å². The van der Waals surface area contributed by atoms with Crippen LogP contribution in [0.4, 0.5) is 0 Å². The summed E-state index contributed by atoms with van der Waals surface area (Å²) in [6.45, 7) is 2.64. The van der Waals surface area contributed by atoms with Crippen LogP contribution < -0.4 is 5.32 Å². The van der Waals surface area contributed by atoms with E-state index in [0.29, 0.717) is 6.54 Å². The van der Waals surface area contributed by atoms with Crippen LogP contribution in [0.2, 0.25) is 0 Å². The van der Waals surface area contributed by atoms with Crippen LogP contribution in [0.5, 0.6) is 11.5 Å². The van der Waals surface area contributed by atoms with Gasteiger partial charge in [-0.3, -0.25) is 0 Å². The molecule has 0 spiro atoms. The highest BCUT2D eigenvalue weighted by Crippen LogP contribution is 2.24. The van der Waals surface area contributed by atoms with Crippen molar-refractivity contribution in [2.45, 2.75) is 19.5 Å². The highest BCUT2D eigenvalue weighted by atomic mass is 32.1. The summed E-state index contributed by atoms with van der Waals surface area (Å²) in [5.74, 6) is 0.143. The zero-order chi connectivity index (χ0) is 12.3. The van der Waals surface area contributed by atoms with Crippen LogP contribution in [0, 0.1) is 0 Å². The van der Waals surface area contributed by atoms with E-state index < -0.39 is 0 Å². The van der Waals surface area contributed by atoms with E-state index in [1.165, 1.54) is 6.07 Å². The number of nitrogens with one attached hydrogen (secondary N) is 1. The predicted molar refractivity (Wildman–Crippen MR) is 67.1 cm³/mol. The van der Waals surface area contributed by atoms with E-state index in [4.69, 9.17) is 0 Å². The summed E-state index contributed by atoms with van der Waals surface area (Å²) >= 11 is 1.56. The van der Waals surface area contributed by atoms with Gasteiger partial charge >= 0.3 is 0 Å². The smallest absolute Gasteiger partial charge is 0.119 e. The molecular weight excluding hydrogens is 236 g/mol. The number of aromatic nitrogens is 1. The summed E-state index contributed by atoms with van der Waals surface area (Å²) in [5.41, 5.74) is 3.63. The number of benzene rings is 1. The number of aromatic hydroxyl groups is 2. The van der Waals surface area contributed by atoms with Gasteiger partial charge in [0.25, 0.3) is 0 Å². The standard InChI is InChI=1S/C12H14N2O2S/c1-8(13-5-10-6-17-7-14-10)9-2-11(15)4-12(16)3-9/h2-4,6-8,13,15-16H,5H2,1H3. The average Bonchev–Trinajstić information content (AvgIpc) is 2.77. The van der Waals surface area contributed by atoms with Crippen LogP contribution in [0.15, 0.2) is 29.1 Å². The third-order valence-corrected chi connectivity index (χ3v) is 3.13. The number of phenols is 2. The number of rotatable bonds is 4. The molecule has 2 aromatic rings. The van der Waals surface area contributed by atoms with Crippen LogP contribution in [0.1, 0.15) is 24.2 Å². The van der Waals surface area contributed by atoms with E-state index >= 15 is 0 Å². The first-order valence-corrected chi connectivity index (χ1v) is 6.23. The number of nitrogens with zero attached hydrogens (tertiary/aromatic N) is 1. The molecule has 90 valence electrons. The van der Waals surface area contributed by atoms with Gasteiger partial charge in [0.2, 0.25) is 0 Å². The van der Waals surface area contributed by atoms with Crippen molar-refractivity contribution in [3.63, 3.8) is 0 Å². The number of thiazole rings is 1. The molecule has 5 heteroatoms. The van der Waals surface area contributed by atoms with E-state index in [0.717, 1.165) is 11.3 Å². The van der Waals surface area contributed by atoms with Gasteiger partial charge in [0, 0.05) is 24.0 Å². The first kappa shape index (κ1) is 11.9. The van der Waals surface area contributed by atoms with Crippen molar-refractivity contribution in [2.24, 2.45) is 0 Å². The van der Waals surface area contributed by atoms with Gasteiger partial charge in [-0.2, -0.15) is 0 Å². The molecule has 0 bridgehead atoms. The molecule has 0 radical (unpaired) electrons. The molecule has 0 aliphatic heterocycles. The Morgan fingerprint density at radius 1 is 1.29 bits per heavy atom. The third kappa shape index (κ3) is 3.18. The molecule has 0 saturated carbocycles. The van der Waals surface area contributed by atoms with Crippen LogP contribution in [0.3, 0.4) is 0 Å². The van der Waals surface area contributed by atoms with Crippen molar-refractivity contribution < 1.29 is 10.2 Å². The van der Waals surface area contributed by atoms with Gasteiger partial charge in [-0.25, -0.2) is 4.98 Å². The van der Waals surface area contributed by atoms with Gasteiger partial charge in [0.15, 0.2) is 0 Å². The quantitative estimate of drug-likeness (QED) is 0.779. The van der Waals surface area contributed by atoms with E-state index in [1.54, 1.807) is 29.0 Å². The van der Waals surface area contributed by atoms with E-state index in [1.807, 2.05) is 12.3 Å². The summed E-state index contributed by atoms with van der Waals surface area (Å²) in [4.78, 5) is 4.17. The first-order chi connectivity index (χ1) is 8.15. The molecule has 1 aromatic heterocycles. The Hall–Kier alpha value is -1.59. The first-order valence-electron chi connectivity index (χ1n) is 5.28. The molecule has 17 heavy (non-hydrogen) atoms. The molecule has 0 aliphatic carbocycles. The van der Waals surface area contributed by atoms with Crippen molar-refractivity contribution >= 4 is 11.3 Å². The van der Waals surface area contributed by atoms with E-state index in [2.05, 4.69) is 10.3 Å². The molecule has 1 heterocycles. The average molecular weight is 250 g/mol. The molecule has 4 nitrogen and oxygen atoms in total. The Morgan fingerprint density at radius 2 is 2.00 bits per heavy atom. The summed E-state index contributed by atoms with van der Waals surface area (Å²) in [7, 11) is 0. The molecular formula is C12H14N2O2S. The Kier molecular flexibility index (Phi) is 3.61. The maximum atomic E-state index is 9.40. The summed E-state index contributed by atoms with van der Waals surface area (Å²) < 4.78 is 0. The molecule has 2 rings (SSSR count). The SMILES string of the molecule is CC(NCc1cscn1)c1cc(O)cc(O)c1. The fourth-order valence-electron chi connectivity index (χ4n) is 1.57. The molecule has 1 atom stereocenters. The number of hydrogen-bond donors (Lipinski definition) is 3. The molecule has 1 aromatic carbocycles. The molecule has 0 amide bonds.